The van der Waals surface area contributed by atoms with Crippen molar-refractivity contribution in [3.05, 3.63) is 35.7 Å². The maximum Gasteiger partial charge on any atom is 0.222 e. The minimum absolute atomic E-state index is 0.205. The quantitative estimate of drug-likeness (QED) is 0.641. The van der Waals surface area contributed by atoms with Gasteiger partial charge in [-0.1, -0.05) is 0 Å². The minimum Gasteiger partial charge on any atom is -0.496 e. The molecular formula is C11H10ClN3O. The zero-order chi connectivity index (χ0) is 11.5. The van der Waals surface area contributed by atoms with Gasteiger partial charge in [-0.05, 0) is 29.8 Å². The Kier molecular flexibility index (Phi) is 2.92. The molecule has 0 aliphatic rings. The third kappa shape index (κ3) is 2.06. The first-order chi connectivity index (χ1) is 7.70. The molecule has 0 aliphatic heterocycles. The summed E-state index contributed by atoms with van der Waals surface area (Å²) in [7, 11) is 1.58. The Morgan fingerprint density at radius 2 is 2.12 bits per heavy atom. The standard InChI is InChI=1S/C11H10ClN3O/c1-16-10-6-7(13)2-3-8(10)9-4-5-14-11(12)15-9/h2-6H,13H2,1H3. The van der Waals surface area contributed by atoms with Crippen LogP contribution in [0.4, 0.5) is 5.69 Å². The molecule has 0 bridgehead atoms. The van der Waals surface area contributed by atoms with Crippen molar-refractivity contribution < 1.29 is 4.74 Å². The van der Waals surface area contributed by atoms with Crippen LogP contribution < -0.4 is 10.5 Å². The Morgan fingerprint density at radius 3 is 2.81 bits per heavy atom. The molecule has 4 nitrogen and oxygen atoms in total. The second kappa shape index (κ2) is 4.37. The van der Waals surface area contributed by atoms with Gasteiger partial charge >= 0.3 is 0 Å². The van der Waals surface area contributed by atoms with Crippen molar-refractivity contribution in [2.45, 2.75) is 0 Å². The van der Waals surface area contributed by atoms with Crippen LogP contribution in [-0.4, -0.2) is 17.1 Å². The van der Waals surface area contributed by atoms with E-state index in [0.717, 1.165) is 5.56 Å². The van der Waals surface area contributed by atoms with E-state index in [9.17, 15) is 0 Å². The lowest BCUT2D eigenvalue weighted by Crippen LogP contribution is -1.93. The summed E-state index contributed by atoms with van der Waals surface area (Å²) in [6.45, 7) is 0. The van der Waals surface area contributed by atoms with E-state index in [4.69, 9.17) is 22.1 Å². The Balaban J connectivity index is 2.55. The lowest BCUT2D eigenvalue weighted by atomic mass is 10.1. The zero-order valence-electron chi connectivity index (χ0n) is 8.64. The van der Waals surface area contributed by atoms with Crippen molar-refractivity contribution in [1.82, 2.24) is 9.97 Å². The van der Waals surface area contributed by atoms with Crippen LogP contribution in [0.15, 0.2) is 30.5 Å². The summed E-state index contributed by atoms with van der Waals surface area (Å²) < 4.78 is 5.24. The molecule has 2 N–H and O–H groups in total. The molecule has 5 heteroatoms. The van der Waals surface area contributed by atoms with E-state index >= 15 is 0 Å². The fourth-order valence-corrected chi connectivity index (χ4v) is 1.55. The van der Waals surface area contributed by atoms with Gasteiger partial charge < -0.3 is 10.5 Å². The molecule has 2 rings (SSSR count). The predicted octanol–water partition coefficient (Wildman–Crippen LogP) is 2.39. The molecule has 2 aromatic rings. The molecule has 0 radical (unpaired) electrons. The molecule has 0 aliphatic carbocycles. The molecule has 0 unspecified atom stereocenters. The average molecular weight is 236 g/mol. The van der Waals surface area contributed by atoms with Crippen LogP contribution >= 0.6 is 11.6 Å². The first kappa shape index (κ1) is 10.7. The van der Waals surface area contributed by atoms with E-state index in [1.54, 1.807) is 31.5 Å². The van der Waals surface area contributed by atoms with Gasteiger partial charge in [0.1, 0.15) is 5.75 Å². The third-order valence-electron chi connectivity index (χ3n) is 2.13. The molecular weight excluding hydrogens is 226 g/mol. The fraction of sp³-hybridized carbons (Fsp3) is 0.0909. The smallest absolute Gasteiger partial charge is 0.222 e. The molecule has 82 valence electrons. The van der Waals surface area contributed by atoms with Crippen molar-refractivity contribution in [1.29, 1.82) is 0 Å². The Bertz CT molecular complexity index is 516. The van der Waals surface area contributed by atoms with E-state index in [1.165, 1.54) is 0 Å². The SMILES string of the molecule is COc1cc(N)ccc1-c1ccnc(Cl)n1. The van der Waals surface area contributed by atoms with Gasteiger partial charge in [-0.25, -0.2) is 9.97 Å². The number of hydrogen-bond donors (Lipinski definition) is 1. The van der Waals surface area contributed by atoms with Crippen LogP contribution in [0.1, 0.15) is 0 Å². The third-order valence-corrected chi connectivity index (χ3v) is 2.31. The molecule has 1 aromatic heterocycles. The van der Waals surface area contributed by atoms with Crippen LogP contribution in [-0.2, 0) is 0 Å². The largest absolute Gasteiger partial charge is 0.496 e. The summed E-state index contributed by atoms with van der Waals surface area (Å²) in [4.78, 5) is 7.94. The lowest BCUT2D eigenvalue weighted by Gasteiger charge is -2.08. The molecule has 16 heavy (non-hydrogen) atoms. The van der Waals surface area contributed by atoms with Crippen LogP contribution in [0.3, 0.4) is 0 Å². The number of nitrogen functional groups attached to an aromatic ring is 1. The van der Waals surface area contributed by atoms with E-state index in [0.29, 0.717) is 17.1 Å². The molecule has 0 atom stereocenters. The number of halogens is 1. The Morgan fingerprint density at radius 1 is 1.31 bits per heavy atom. The van der Waals surface area contributed by atoms with Crippen molar-refractivity contribution in [3.8, 4) is 17.0 Å². The fourth-order valence-electron chi connectivity index (χ4n) is 1.40. The lowest BCUT2D eigenvalue weighted by molar-refractivity contribution is 0.416. The van der Waals surface area contributed by atoms with E-state index in [2.05, 4.69) is 9.97 Å². The van der Waals surface area contributed by atoms with Crippen LogP contribution in [0, 0.1) is 0 Å². The van der Waals surface area contributed by atoms with Gasteiger partial charge in [0.05, 0.1) is 12.8 Å². The first-order valence-corrected chi connectivity index (χ1v) is 5.01. The molecule has 0 spiro atoms. The highest BCUT2D eigenvalue weighted by atomic mass is 35.5. The predicted molar refractivity (Wildman–Crippen MR) is 63.4 cm³/mol. The monoisotopic (exact) mass is 235 g/mol. The number of benzene rings is 1. The number of aromatic nitrogens is 2. The van der Waals surface area contributed by atoms with Gasteiger partial charge in [-0.15, -0.1) is 0 Å². The van der Waals surface area contributed by atoms with Gasteiger partial charge in [0, 0.05) is 23.5 Å². The molecule has 0 fully saturated rings. The van der Waals surface area contributed by atoms with Crippen molar-refractivity contribution in [2.75, 3.05) is 12.8 Å². The Labute approximate surface area is 98.0 Å². The maximum absolute atomic E-state index is 5.73. The summed E-state index contributed by atoms with van der Waals surface area (Å²) in [5.74, 6) is 0.662. The first-order valence-electron chi connectivity index (χ1n) is 4.63. The van der Waals surface area contributed by atoms with E-state index < -0.39 is 0 Å². The van der Waals surface area contributed by atoms with Crippen molar-refractivity contribution in [2.24, 2.45) is 0 Å². The number of anilines is 1. The van der Waals surface area contributed by atoms with Gasteiger partial charge in [0.2, 0.25) is 5.28 Å². The van der Waals surface area contributed by atoms with Gasteiger partial charge in [0.15, 0.2) is 0 Å². The van der Waals surface area contributed by atoms with Crippen molar-refractivity contribution in [3.63, 3.8) is 0 Å². The second-order valence-electron chi connectivity index (χ2n) is 3.17. The maximum atomic E-state index is 5.73. The summed E-state index contributed by atoms with van der Waals surface area (Å²) in [5.41, 5.74) is 7.85. The number of rotatable bonds is 2. The molecule has 1 heterocycles. The summed E-state index contributed by atoms with van der Waals surface area (Å²) in [6, 6.07) is 7.13. The van der Waals surface area contributed by atoms with E-state index in [1.807, 2.05) is 6.07 Å². The highest BCUT2D eigenvalue weighted by Gasteiger charge is 2.07. The highest BCUT2D eigenvalue weighted by molar-refractivity contribution is 6.28. The number of nitrogens with two attached hydrogens (primary N) is 1. The number of ether oxygens (including phenoxy) is 1. The zero-order valence-corrected chi connectivity index (χ0v) is 9.40. The van der Waals surface area contributed by atoms with Crippen LogP contribution in [0.25, 0.3) is 11.3 Å². The number of methoxy groups -OCH3 is 1. The van der Waals surface area contributed by atoms with Gasteiger partial charge in [-0.2, -0.15) is 0 Å². The molecule has 1 aromatic carbocycles. The summed E-state index contributed by atoms with van der Waals surface area (Å²) >= 11 is 5.73. The topological polar surface area (TPSA) is 61.0 Å². The number of nitrogens with zero attached hydrogens (tertiary/aromatic N) is 2. The molecule has 0 saturated carbocycles. The van der Waals surface area contributed by atoms with Crippen LogP contribution in [0.5, 0.6) is 5.75 Å². The van der Waals surface area contributed by atoms with Gasteiger partial charge in [0.25, 0.3) is 0 Å². The van der Waals surface area contributed by atoms with E-state index in [-0.39, 0.29) is 5.28 Å². The second-order valence-corrected chi connectivity index (χ2v) is 3.51. The number of hydrogen-bond acceptors (Lipinski definition) is 4. The van der Waals surface area contributed by atoms with Crippen molar-refractivity contribution >= 4 is 17.3 Å². The normalized spacial score (nSPS) is 10.1. The average Bonchev–Trinajstić information content (AvgIpc) is 2.28. The van der Waals surface area contributed by atoms with Crippen LogP contribution in [0.2, 0.25) is 5.28 Å². The minimum atomic E-state index is 0.205. The summed E-state index contributed by atoms with van der Waals surface area (Å²) in [5, 5.41) is 0.205. The molecule has 0 amide bonds. The highest BCUT2D eigenvalue weighted by Crippen LogP contribution is 2.30. The van der Waals surface area contributed by atoms with Gasteiger partial charge in [-0.3, -0.25) is 0 Å². The molecule has 0 saturated heterocycles. The Hall–Kier alpha value is -1.81. The summed E-state index contributed by atoms with van der Waals surface area (Å²) in [6.07, 6.45) is 1.60.